The zero-order valence-corrected chi connectivity index (χ0v) is 11.8. The van der Waals surface area contributed by atoms with Crippen molar-refractivity contribution >= 4 is 21.4 Å². The minimum Gasteiger partial charge on any atom is -0.345 e. The van der Waals surface area contributed by atoms with Gasteiger partial charge < -0.3 is 4.57 Å². The van der Waals surface area contributed by atoms with Gasteiger partial charge in [-0.1, -0.05) is 18.2 Å². The van der Waals surface area contributed by atoms with Crippen LogP contribution >= 0.6 is 11.3 Å². The summed E-state index contributed by atoms with van der Waals surface area (Å²) in [6.07, 6.45) is 0. The van der Waals surface area contributed by atoms with E-state index in [2.05, 4.69) is 61.1 Å². The molecular formula is C16H17NS. The van der Waals surface area contributed by atoms with E-state index >= 15 is 0 Å². The summed E-state index contributed by atoms with van der Waals surface area (Å²) in [5, 5.41) is 3.66. The molecule has 2 heterocycles. The van der Waals surface area contributed by atoms with Gasteiger partial charge in [0.1, 0.15) is 0 Å². The van der Waals surface area contributed by atoms with Gasteiger partial charge in [-0.3, -0.25) is 0 Å². The highest BCUT2D eigenvalue weighted by Gasteiger charge is 2.07. The SMILES string of the molecule is Cc1csc2c(Cn3c(C)ccc3C)cccc12. The number of nitrogens with zero attached hydrogens (tertiary/aromatic N) is 1. The molecule has 0 N–H and O–H groups in total. The van der Waals surface area contributed by atoms with Gasteiger partial charge in [-0.15, -0.1) is 11.3 Å². The molecule has 0 aliphatic rings. The minimum atomic E-state index is 0.974. The largest absolute Gasteiger partial charge is 0.345 e. The van der Waals surface area contributed by atoms with Crippen molar-refractivity contribution in [2.75, 3.05) is 0 Å². The van der Waals surface area contributed by atoms with Crippen LogP contribution in [0, 0.1) is 20.8 Å². The summed E-state index contributed by atoms with van der Waals surface area (Å²) in [4.78, 5) is 0. The van der Waals surface area contributed by atoms with Crippen molar-refractivity contribution in [3.05, 3.63) is 58.2 Å². The first-order valence-corrected chi connectivity index (χ1v) is 7.13. The maximum Gasteiger partial charge on any atom is 0.0489 e. The number of thiophene rings is 1. The predicted octanol–water partition coefficient (Wildman–Crippen LogP) is 4.68. The van der Waals surface area contributed by atoms with Crippen molar-refractivity contribution in [2.45, 2.75) is 27.3 Å². The molecular weight excluding hydrogens is 238 g/mol. The van der Waals surface area contributed by atoms with Crippen LogP contribution in [0.4, 0.5) is 0 Å². The second kappa shape index (κ2) is 4.29. The smallest absolute Gasteiger partial charge is 0.0489 e. The molecule has 3 aromatic rings. The van der Waals surface area contributed by atoms with Crippen molar-refractivity contribution < 1.29 is 0 Å². The first-order chi connectivity index (χ1) is 8.66. The van der Waals surface area contributed by atoms with Crippen LogP contribution in [0.3, 0.4) is 0 Å². The topological polar surface area (TPSA) is 4.93 Å². The molecule has 0 unspecified atom stereocenters. The summed E-state index contributed by atoms with van der Waals surface area (Å²) >= 11 is 1.86. The minimum absolute atomic E-state index is 0.974. The van der Waals surface area contributed by atoms with Gasteiger partial charge in [0.2, 0.25) is 0 Å². The Morgan fingerprint density at radius 3 is 2.44 bits per heavy atom. The Bertz CT molecular complexity index is 684. The Morgan fingerprint density at radius 2 is 1.72 bits per heavy atom. The molecule has 0 radical (unpaired) electrons. The summed E-state index contributed by atoms with van der Waals surface area (Å²) in [5.41, 5.74) is 5.47. The first kappa shape index (κ1) is 11.5. The first-order valence-electron chi connectivity index (χ1n) is 6.25. The molecule has 3 rings (SSSR count). The van der Waals surface area contributed by atoms with Crippen molar-refractivity contribution in [1.82, 2.24) is 4.57 Å². The van der Waals surface area contributed by atoms with Gasteiger partial charge in [0.05, 0.1) is 0 Å². The van der Waals surface area contributed by atoms with Crippen LogP contribution in [0.25, 0.3) is 10.1 Å². The third kappa shape index (κ3) is 1.77. The highest BCUT2D eigenvalue weighted by atomic mass is 32.1. The molecule has 0 saturated carbocycles. The molecule has 0 aliphatic heterocycles. The molecule has 0 atom stereocenters. The van der Waals surface area contributed by atoms with E-state index in [1.165, 1.54) is 32.6 Å². The lowest BCUT2D eigenvalue weighted by molar-refractivity contribution is 0.754. The maximum atomic E-state index is 2.38. The second-order valence-electron chi connectivity index (χ2n) is 4.91. The summed E-state index contributed by atoms with van der Waals surface area (Å²) in [6, 6.07) is 11.0. The Hall–Kier alpha value is -1.54. The van der Waals surface area contributed by atoms with Gasteiger partial charge in [0.15, 0.2) is 0 Å². The lowest BCUT2D eigenvalue weighted by Crippen LogP contribution is -2.03. The van der Waals surface area contributed by atoms with Crippen molar-refractivity contribution in [1.29, 1.82) is 0 Å². The molecule has 92 valence electrons. The molecule has 1 nitrogen and oxygen atoms in total. The molecule has 0 saturated heterocycles. The number of fused-ring (bicyclic) bond motifs is 1. The van der Waals surface area contributed by atoms with Crippen LogP contribution in [-0.2, 0) is 6.54 Å². The Labute approximate surface area is 112 Å². The average Bonchev–Trinajstić information content (AvgIpc) is 2.88. The molecule has 0 aliphatic carbocycles. The number of hydrogen-bond acceptors (Lipinski definition) is 1. The van der Waals surface area contributed by atoms with E-state index < -0.39 is 0 Å². The Morgan fingerprint density at radius 1 is 1.00 bits per heavy atom. The van der Waals surface area contributed by atoms with E-state index in [9.17, 15) is 0 Å². The van der Waals surface area contributed by atoms with Gasteiger partial charge in [-0.05, 0) is 54.8 Å². The molecule has 0 spiro atoms. The van der Waals surface area contributed by atoms with E-state index in [1.807, 2.05) is 11.3 Å². The molecule has 2 heteroatoms. The van der Waals surface area contributed by atoms with Gasteiger partial charge in [-0.25, -0.2) is 0 Å². The molecule has 0 fully saturated rings. The zero-order chi connectivity index (χ0) is 12.7. The second-order valence-corrected chi connectivity index (χ2v) is 5.79. The van der Waals surface area contributed by atoms with Crippen LogP contribution < -0.4 is 0 Å². The van der Waals surface area contributed by atoms with Gasteiger partial charge in [-0.2, -0.15) is 0 Å². The summed E-state index contributed by atoms with van der Waals surface area (Å²) < 4.78 is 3.81. The third-order valence-corrected chi connectivity index (χ3v) is 4.81. The fourth-order valence-corrected chi connectivity index (χ4v) is 3.55. The van der Waals surface area contributed by atoms with E-state index in [-0.39, 0.29) is 0 Å². The normalized spacial score (nSPS) is 11.3. The number of rotatable bonds is 2. The van der Waals surface area contributed by atoms with E-state index in [1.54, 1.807) is 0 Å². The standard InChI is InChI=1S/C16H17NS/c1-11-10-18-16-14(5-4-6-15(11)16)9-17-12(2)7-8-13(17)3/h4-8,10H,9H2,1-3H3. The fraction of sp³-hybridized carbons (Fsp3) is 0.250. The van der Waals surface area contributed by atoms with Crippen LogP contribution in [0.15, 0.2) is 35.7 Å². The molecule has 18 heavy (non-hydrogen) atoms. The van der Waals surface area contributed by atoms with Crippen LogP contribution in [0.1, 0.15) is 22.5 Å². The van der Waals surface area contributed by atoms with Crippen molar-refractivity contribution in [3.8, 4) is 0 Å². The third-order valence-electron chi connectivity index (χ3n) is 3.62. The van der Waals surface area contributed by atoms with E-state index in [0.29, 0.717) is 0 Å². The fourth-order valence-electron chi connectivity index (χ4n) is 2.49. The lowest BCUT2D eigenvalue weighted by atomic mass is 10.1. The molecule has 0 bridgehead atoms. The summed E-state index contributed by atoms with van der Waals surface area (Å²) in [5.74, 6) is 0. The summed E-state index contributed by atoms with van der Waals surface area (Å²) in [6.45, 7) is 7.51. The van der Waals surface area contributed by atoms with E-state index in [4.69, 9.17) is 0 Å². The maximum absolute atomic E-state index is 2.38. The molecule has 1 aromatic carbocycles. The zero-order valence-electron chi connectivity index (χ0n) is 11.0. The van der Waals surface area contributed by atoms with E-state index in [0.717, 1.165) is 6.54 Å². The summed E-state index contributed by atoms with van der Waals surface area (Å²) in [7, 11) is 0. The Balaban J connectivity index is 2.10. The highest BCUT2D eigenvalue weighted by molar-refractivity contribution is 7.17. The van der Waals surface area contributed by atoms with Crippen LogP contribution in [-0.4, -0.2) is 4.57 Å². The van der Waals surface area contributed by atoms with Gasteiger partial charge >= 0.3 is 0 Å². The van der Waals surface area contributed by atoms with Crippen LogP contribution in [0.5, 0.6) is 0 Å². The quantitative estimate of drug-likeness (QED) is 0.627. The average molecular weight is 255 g/mol. The Kier molecular flexibility index (Phi) is 2.75. The number of aryl methyl sites for hydroxylation is 3. The number of aromatic nitrogens is 1. The number of benzene rings is 1. The molecule has 0 amide bonds. The lowest BCUT2D eigenvalue weighted by Gasteiger charge is -2.10. The van der Waals surface area contributed by atoms with Crippen LogP contribution in [0.2, 0.25) is 0 Å². The van der Waals surface area contributed by atoms with Gasteiger partial charge in [0.25, 0.3) is 0 Å². The van der Waals surface area contributed by atoms with Gasteiger partial charge in [0, 0.05) is 22.6 Å². The highest BCUT2D eigenvalue weighted by Crippen LogP contribution is 2.29. The number of hydrogen-bond donors (Lipinski definition) is 0. The van der Waals surface area contributed by atoms with Crippen molar-refractivity contribution in [3.63, 3.8) is 0 Å². The molecule has 2 aromatic heterocycles. The predicted molar refractivity (Wildman–Crippen MR) is 79.6 cm³/mol. The van der Waals surface area contributed by atoms with Crippen molar-refractivity contribution in [2.24, 2.45) is 0 Å². The monoisotopic (exact) mass is 255 g/mol.